The second-order valence-corrected chi connectivity index (χ2v) is 4.05. The number of nitriles is 1. The summed E-state index contributed by atoms with van der Waals surface area (Å²) in [6, 6.07) is 10.1. The highest BCUT2D eigenvalue weighted by molar-refractivity contribution is 5.34. The van der Waals surface area contributed by atoms with Crippen LogP contribution in [0.15, 0.2) is 36.4 Å². The fraction of sp³-hybridized carbons (Fsp3) is 0.357. The molecule has 1 heteroatoms. The standard InChI is InChI=1S/C14H15N/c15-11-12-7-9-14(10-8-12)13-5-3-1-2-4-6-13/h3,5,7-10,13H,1-2,4,6H2. The molecule has 0 N–H and O–H groups in total. The summed E-state index contributed by atoms with van der Waals surface area (Å²) in [5.74, 6) is 0.556. The van der Waals surface area contributed by atoms with Crippen molar-refractivity contribution in [3.8, 4) is 6.07 Å². The molecule has 2 rings (SSSR count). The molecule has 1 aromatic carbocycles. The van der Waals surface area contributed by atoms with Gasteiger partial charge in [-0.2, -0.15) is 5.26 Å². The van der Waals surface area contributed by atoms with Crippen LogP contribution in [0.1, 0.15) is 42.7 Å². The normalized spacial score (nSPS) is 20.6. The van der Waals surface area contributed by atoms with E-state index in [2.05, 4.69) is 30.4 Å². The molecule has 1 aliphatic rings. The zero-order valence-corrected chi connectivity index (χ0v) is 8.82. The van der Waals surface area contributed by atoms with E-state index in [0.29, 0.717) is 5.92 Å². The molecule has 0 aliphatic heterocycles. The van der Waals surface area contributed by atoms with Gasteiger partial charge >= 0.3 is 0 Å². The van der Waals surface area contributed by atoms with Gasteiger partial charge in [0, 0.05) is 5.92 Å². The first-order chi connectivity index (χ1) is 7.40. The zero-order chi connectivity index (χ0) is 10.5. The van der Waals surface area contributed by atoms with Crippen molar-refractivity contribution in [2.45, 2.75) is 31.6 Å². The van der Waals surface area contributed by atoms with E-state index >= 15 is 0 Å². The number of rotatable bonds is 1. The smallest absolute Gasteiger partial charge is 0.0991 e. The molecule has 0 radical (unpaired) electrons. The molecule has 1 aromatic rings. The van der Waals surface area contributed by atoms with Crippen LogP contribution in [0.2, 0.25) is 0 Å². The molecular weight excluding hydrogens is 182 g/mol. The third-order valence-electron chi connectivity index (χ3n) is 2.97. The number of benzene rings is 1. The largest absolute Gasteiger partial charge is 0.192 e. The summed E-state index contributed by atoms with van der Waals surface area (Å²) in [6.45, 7) is 0. The van der Waals surface area contributed by atoms with Crippen LogP contribution in [-0.4, -0.2) is 0 Å². The summed E-state index contributed by atoms with van der Waals surface area (Å²) in [5, 5.41) is 8.72. The van der Waals surface area contributed by atoms with Gasteiger partial charge in [0.2, 0.25) is 0 Å². The average Bonchev–Trinajstić information content (AvgIpc) is 2.58. The molecule has 1 unspecified atom stereocenters. The Kier molecular flexibility index (Phi) is 3.19. The van der Waals surface area contributed by atoms with Gasteiger partial charge in [0.1, 0.15) is 0 Å². The third kappa shape index (κ3) is 2.47. The molecule has 0 saturated carbocycles. The predicted octanol–water partition coefficient (Wildman–Crippen LogP) is 3.77. The summed E-state index contributed by atoms with van der Waals surface area (Å²) < 4.78 is 0. The van der Waals surface area contributed by atoms with Gasteiger partial charge in [-0.25, -0.2) is 0 Å². The monoisotopic (exact) mass is 197 g/mol. The maximum Gasteiger partial charge on any atom is 0.0991 e. The summed E-state index contributed by atoms with van der Waals surface area (Å²) in [4.78, 5) is 0. The number of hydrogen-bond acceptors (Lipinski definition) is 1. The molecule has 0 bridgehead atoms. The van der Waals surface area contributed by atoms with Gasteiger partial charge in [-0.1, -0.05) is 30.7 Å². The molecule has 0 aromatic heterocycles. The lowest BCUT2D eigenvalue weighted by atomic mass is 9.94. The highest BCUT2D eigenvalue weighted by Crippen LogP contribution is 2.26. The summed E-state index contributed by atoms with van der Waals surface area (Å²) in [6.07, 6.45) is 9.67. The highest BCUT2D eigenvalue weighted by atomic mass is 14.2. The van der Waals surface area contributed by atoms with Crippen molar-refractivity contribution in [1.82, 2.24) is 0 Å². The molecule has 0 spiro atoms. The summed E-state index contributed by atoms with van der Waals surface area (Å²) in [7, 11) is 0. The van der Waals surface area contributed by atoms with E-state index in [0.717, 1.165) is 5.56 Å². The van der Waals surface area contributed by atoms with Crippen molar-refractivity contribution in [3.63, 3.8) is 0 Å². The third-order valence-corrected chi connectivity index (χ3v) is 2.97. The highest BCUT2D eigenvalue weighted by Gasteiger charge is 2.09. The fourth-order valence-corrected chi connectivity index (χ4v) is 2.07. The van der Waals surface area contributed by atoms with Gasteiger partial charge in [0.05, 0.1) is 11.6 Å². The molecule has 0 fully saturated rings. The molecule has 1 nitrogen and oxygen atoms in total. The van der Waals surface area contributed by atoms with Crippen molar-refractivity contribution in [1.29, 1.82) is 5.26 Å². The van der Waals surface area contributed by atoms with Gasteiger partial charge in [-0.05, 0) is 37.0 Å². The second kappa shape index (κ2) is 4.79. The van der Waals surface area contributed by atoms with Crippen LogP contribution in [-0.2, 0) is 0 Å². The molecule has 0 heterocycles. The molecule has 0 amide bonds. The molecule has 1 atom stereocenters. The molecular formula is C14H15N. The SMILES string of the molecule is N#Cc1ccc(C2C=CCCCC2)cc1. The summed E-state index contributed by atoms with van der Waals surface area (Å²) >= 11 is 0. The van der Waals surface area contributed by atoms with E-state index in [-0.39, 0.29) is 0 Å². The number of hydrogen-bond donors (Lipinski definition) is 0. The van der Waals surface area contributed by atoms with Gasteiger partial charge in [-0.3, -0.25) is 0 Å². The Bertz CT molecular complexity index is 381. The first-order valence-corrected chi connectivity index (χ1v) is 5.57. The Morgan fingerprint density at radius 2 is 1.93 bits per heavy atom. The van der Waals surface area contributed by atoms with Gasteiger partial charge < -0.3 is 0 Å². The maximum absolute atomic E-state index is 8.72. The molecule has 15 heavy (non-hydrogen) atoms. The lowest BCUT2D eigenvalue weighted by molar-refractivity contribution is 0.664. The average molecular weight is 197 g/mol. The minimum absolute atomic E-state index is 0.556. The van der Waals surface area contributed by atoms with E-state index in [1.807, 2.05) is 12.1 Å². The van der Waals surface area contributed by atoms with Crippen LogP contribution < -0.4 is 0 Å². The minimum Gasteiger partial charge on any atom is -0.192 e. The first kappa shape index (κ1) is 9.98. The van der Waals surface area contributed by atoms with Crippen LogP contribution in [0, 0.1) is 11.3 Å². The zero-order valence-electron chi connectivity index (χ0n) is 8.82. The quantitative estimate of drug-likeness (QED) is 0.629. The maximum atomic E-state index is 8.72. The molecule has 0 saturated heterocycles. The van der Waals surface area contributed by atoms with Crippen molar-refractivity contribution in [3.05, 3.63) is 47.5 Å². The van der Waals surface area contributed by atoms with E-state index in [1.54, 1.807) is 0 Å². The lowest BCUT2D eigenvalue weighted by Gasteiger charge is -2.10. The van der Waals surface area contributed by atoms with Gasteiger partial charge in [-0.15, -0.1) is 0 Å². The van der Waals surface area contributed by atoms with Crippen LogP contribution in [0.4, 0.5) is 0 Å². The molecule has 1 aliphatic carbocycles. The van der Waals surface area contributed by atoms with Crippen molar-refractivity contribution in [2.24, 2.45) is 0 Å². The topological polar surface area (TPSA) is 23.8 Å². The number of allylic oxidation sites excluding steroid dienone is 2. The minimum atomic E-state index is 0.556. The fourth-order valence-electron chi connectivity index (χ4n) is 2.07. The van der Waals surface area contributed by atoms with Crippen molar-refractivity contribution >= 4 is 0 Å². The van der Waals surface area contributed by atoms with Crippen molar-refractivity contribution in [2.75, 3.05) is 0 Å². The van der Waals surface area contributed by atoms with Gasteiger partial charge in [0.25, 0.3) is 0 Å². The Labute approximate surface area is 91.0 Å². The second-order valence-electron chi connectivity index (χ2n) is 4.05. The van der Waals surface area contributed by atoms with Gasteiger partial charge in [0.15, 0.2) is 0 Å². The van der Waals surface area contributed by atoms with E-state index in [1.165, 1.54) is 31.2 Å². The number of nitrogens with zero attached hydrogens (tertiary/aromatic N) is 1. The van der Waals surface area contributed by atoms with E-state index < -0.39 is 0 Å². The Morgan fingerprint density at radius 1 is 1.13 bits per heavy atom. The predicted molar refractivity (Wildman–Crippen MR) is 61.5 cm³/mol. The van der Waals surface area contributed by atoms with Crippen LogP contribution in [0.5, 0.6) is 0 Å². The van der Waals surface area contributed by atoms with Crippen LogP contribution in [0.25, 0.3) is 0 Å². The Hall–Kier alpha value is -1.55. The first-order valence-electron chi connectivity index (χ1n) is 5.57. The molecule has 76 valence electrons. The lowest BCUT2D eigenvalue weighted by Crippen LogP contribution is -1.93. The van der Waals surface area contributed by atoms with E-state index in [9.17, 15) is 0 Å². The van der Waals surface area contributed by atoms with Crippen LogP contribution >= 0.6 is 0 Å². The Balaban J connectivity index is 2.17. The summed E-state index contributed by atoms with van der Waals surface area (Å²) in [5.41, 5.74) is 2.09. The van der Waals surface area contributed by atoms with Crippen molar-refractivity contribution < 1.29 is 0 Å². The Morgan fingerprint density at radius 3 is 2.67 bits per heavy atom. The van der Waals surface area contributed by atoms with Crippen LogP contribution in [0.3, 0.4) is 0 Å². The van der Waals surface area contributed by atoms with E-state index in [4.69, 9.17) is 5.26 Å².